The van der Waals surface area contributed by atoms with E-state index >= 15 is 0 Å². The van der Waals surface area contributed by atoms with Crippen LogP contribution < -0.4 is 4.74 Å². The predicted octanol–water partition coefficient (Wildman–Crippen LogP) is 6.35. The molecular formula is C13H8BrCl6N3O. The normalized spacial score (nSPS) is 12.3. The minimum Gasteiger partial charge on any atom is -0.493 e. The lowest BCUT2D eigenvalue weighted by atomic mass is 10.2. The van der Waals surface area contributed by atoms with Crippen LogP contribution in [-0.4, -0.2) is 21.6 Å². The van der Waals surface area contributed by atoms with Crippen LogP contribution in [0, 0.1) is 0 Å². The summed E-state index contributed by atoms with van der Waals surface area (Å²) in [5.41, 5.74) is 0.596. The predicted molar refractivity (Wildman–Crippen MR) is 103 cm³/mol. The summed E-state index contributed by atoms with van der Waals surface area (Å²) >= 11 is 38.6. The molecule has 0 aliphatic rings. The van der Waals surface area contributed by atoms with E-state index in [1.54, 1.807) is 18.2 Å². The molecule has 1 heterocycles. The highest BCUT2D eigenvalue weighted by atomic mass is 79.9. The molecule has 0 aliphatic carbocycles. The average Bonchev–Trinajstić information content (AvgIpc) is 2.47. The fourth-order valence-electron chi connectivity index (χ4n) is 1.67. The Kier molecular flexibility index (Phi) is 6.74. The number of hydrogen-bond donors (Lipinski definition) is 0. The van der Waals surface area contributed by atoms with Gasteiger partial charge in [-0.05, 0) is 41.1 Å². The fraction of sp³-hybridized carbons (Fsp3) is 0.308. The van der Waals surface area contributed by atoms with Gasteiger partial charge >= 0.3 is 0 Å². The smallest absolute Gasteiger partial charge is 0.250 e. The Bertz CT molecular complexity index is 715. The van der Waals surface area contributed by atoms with Crippen LogP contribution in [0.1, 0.15) is 18.6 Å². The van der Waals surface area contributed by atoms with Gasteiger partial charge in [0.25, 0.3) is 0 Å². The summed E-state index contributed by atoms with van der Waals surface area (Å²) in [6.45, 7) is 2.41. The van der Waals surface area contributed by atoms with Gasteiger partial charge in [-0.1, -0.05) is 69.6 Å². The molecule has 0 unspecified atom stereocenters. The number of hydrogen-bond acceptors (Lipinski definition) is 4. The van der Waals surface area contributed by atoms with Crippen LogP contribution in [0.15, 0.2) is 22.7 Å². The largest absolute Gasteiger partial charge is 0.493 e. The van der Waals surface area contributed by atoms with Crippen molar-refractivity contribution < 1.29 is 4.74 Å². The SMILES string of the molecule is CCOc1ccc(-c2nc(C(Cl)(Cl)Cl)nc(C(Cl)(Cl)Cl)n2)cc1Br. The van der Waals surface area contributed by atoms with Crippen molar-refractivity contribution in [3.63, 3.8) is 0 Å². The van der Waals surface area contributed by atoms with Crippen molar-refractivity contribution in [1.82, 2.24) is 15.0 Å². The summed E-state index contributed by atoms with van der Waals surface area (Å²) in [6, 6.07) is 5.22. The lowest BCUT2D eigenvalue weighted by molar-refractivity contribution is 0.338. The third kappa shape index (κ3) is 5.13. The van der Waals surface area contributed by atoms with E-state index in [-0.39, 0.29) is 17.5 Å². The lowest BCUT2D eigenvalue weighted by Crippen LogP contribution is -2.16. The Labute approximate surface area is 176 Å². The van der Waals surface area contributed by atoms with E-state index in [1.165, 1.54) is 0 Å². The van der Waals surface area contributed by atoms with Crippen molar-refractivity contribution in [2.45, 2.75) is 14.5 Å². The number of benzene rings is 1. The molecule has 0 spiro atoms. The van der Waals surface area contributed by atoms with Crippen LogP contribution in [-0.2, 0) is 7.59 Å². The molecule has 2 rings (SSSR count). The quantitative estimate of drug-likeness (QED) is 0.448. The van der Waals surface area contributed by atoms with Gasteiger partial charge in [-0.25, -0.2) is 15.0 Å². The molecular weight excluding hydrogens is 507 g/mol. The number of nitrogens with zero attached hydrogens (tertiary/aromatic N) is 3. The first-order chi connectivity index (χ1) is 11.0. The van der Waals surface area contributed by atoms with Gasteiger partial charge in [-0.15, -0.1) is 0 Å². The van der Waals surface area contributed by atoms with Gasteiger partial charge in [0.2, 0.25) is 7.59 Å². The highest BCUT2D eigenvalue weighted by Gasteiger charge is 2.34. The molecule has 24 heavy (non-hydrogen) atoms. The van der Waals surface area contributed by atoms with Crippen molar-refractivity contribution >= 4 is 85.5 Å². The van der Waals surface area contributed by atoms with E-state index < -0.39 is 7.59 Å². The molecule has 0 N–H and O–H groups in total. The summed E-state index contributed by atoms with van der Waals surface area (Å²) in [5.74, 6) is 0.558. The molecule has 0 atom stereocenters. The second kappa shape index (κ2) is 7.87. The van der Waals surface area contributed by atoms with Crippen LogP contribution in [0.25, 0.3) is 11.4 Å². The van der Waals surface area contributed by atoms with Gasteiger partial charge in [0, 0.05) is 5.56 Å². The number of ether oxygens (including phenoxy) is 1. The molecule has 4 nitrogen and oxygen atoms in total. The standard InChI is InChI=1S/C13H8BrCl6N3O/c1-2-24-8-4-3-6(5-7(8)14)9-21-10(12(15,16)17)23-11(22-9)13(18,19)20/h3-5H,2H2,1H3. The second-order valence-corrected chi connectivity index (χ2v) is 9.80. The molecule has 0 saturated carbocycles. The van der Waals surface area contributed by atoms with E-state index in [0.29, 0.717) is 22.4 Å². The highest BCUT2D eigenvalue weighted by molar-refractivity contribution is 9.10. The third-order valence-corrected chi connectivity index (χ3v) is 4.27. The molecule has 1 aromatic carbocycles. The Morgan fingerprint density at radius 1 is 0.958 bits per heavy atom. The summed E-state index contributed by atoms with van der Waals surface area (Å²) in [5, 5.41) is 0. The van der Waals surface area contributed by atoms with Gasteiger partial charge in [0.1, 0.15) is 5.75 Å². The van der Waals surface area contributed by atoms with E-state index in [2.05, 4.69) is 30.9 Å². The lowest BCUT2D eigenvalue weighted by Gasteiger charge is -2.16. The summed E-state index contributed by atoms with van der Waals surface area (Å²) in [4.78, 5) is 12.2. The molecule has 0 amide bonds. The maximum absolute atomic E-state index is 5.86. The maximum atomic E-state index is 5.86. The molecule has 0 saturated heterocycles. The molecule has 130 valence electrons. The molecule has 0 aliphatic heterocycles. The van der Waals surface area contributed by atoms with Crippen molar-refractivity contribution in [1.29, 1.82) is 0 Å². The van der Waals surface area contributed by atoms with Crippen molar-refractivity contribution in [3.05, 3.63) is 34.3 Å². The molecule has 1 aromatic heterocycles. The van der Waals surface area contributed by atoms with Crippen molar-refractivity contribution in [3.8, 4) is 17.1 Å². The molecule has 0 radical (unpaired) electrons. The van der Waals surface area contributed by atoms with E-state index in [0.717, 1.165) is 0 Å². The minimum absolute atomic E-state index is 0.149. The number of rotatable bonds is 3. The summed E-state index contributed by atoms with van der Waals surface area (Å²) in [7, 11) is 0. The fourth-order valence-corrected chi connectivity index (χ4v) is 2.67. The van der Waals surface area contributed by atoms with Crippen LogP contribution in [0.3, 0.4) is 0 Å². The highest BCUT2D eigenvalue weighted by Crippen LogP contribution is 2.41. The maximum Gasteiger partial charge on any atom is 0.250 e. The zero-order valence-corrected chi connectivity index (χ0v) is 18.0. The molecule has 0 bridgehead atoms. The Balaban J connectivity index is 2.59. The Morgan fingerprint density at radius 2 is 1.50 bits per heavy atom. The molecule has 2 aromatic rings. The number of alkyl halides is 6. The molecule has 11 heteroatoms. The average molecular weight is 515 g/mol. The van der Waals surface area contributed by atoms with Gasteiger partial charge in [-0.3, -0.25) is 0 Å². The summed E-state index contributed by atoms with van der Waals surface area (Å²) < 4.78 is 2.36. The Morgan fingerprint density at radius 3 is 1.92 bits per heavy atom. The third-order valence-electron chi connectivity index (χ3n) is 2.63. The van der Waals surface area contributed by atoms with Gasteiger partial charge in [-0.2, -0.15) is 0 Å². The number of halogens is 7. The van der Waals surface area contributed by atoms with Gasteiger partial charge in [0.05, 0.1) is 11.1 Å². The van der Waals surface area contributed by atoms with Crippen LogP contribution in [0.4, 0.5) is 0 Å². The van der Waals surface area contributed by atoms with E-state index in [4.69, 9.17) is 74.3 Å². The van der Waals surface area contributed by atoms with E-state index in [9.17, 15) is 0 Å². The topological polar surface area (TPSA) is 47.9 Å². The first-order valence-electron chi connectivity index (χ1n) is 6.35. The first kappa shape index (κ1) is 20.6. The monoisotopic (exact) mass is 511 g/mol. The van der Waals surface area contributed by atoms with Gasteiger partial charge < -0.3 is 4.74 Å². The van der Waals surface area contributed by atoms with Crippen LogP contribution in [0.5, 0.6) is 5.75 Å². The van der Waals surface area contributed by atoms with Crippen molar-refractivity contribution in [2.24, 2.45) is 0 Å². The van der Waals surface area contributed by atoms with Crippen molar-refractivity contribution in [2.75, 3.05) is 6.61 Å². The Hall–Kier alpha value is 0.250. The number of aromatic nitrogens is 3. The van der Waals surface area contributed by atoms with E-state index in [1.807, 2.05) is 6.92 Å². The van der Waals surface area contributed by atoms with Crippen LogP contribution in [0.2, 0.25) is 0 Å². The molecule has 0 fully saturated rings. The van der Waals surface area contributed by atoms with Crippen LogP contribution >= 0.6 is 85.5 Å². The first-order valence-corrected chi connectivity index (χ1v) is 9.41. The zero-order chi connectivity index (χ0) is 18.1. The second-order valence-electron chi connectivity index (χ2n) is 4.38. The summed E-state index contributed by atoms with van der Waals surface area (Å²) in [6.07, 6.45) is 0. The van der Waals surface area contributed by atoms with Gasteiger partial charge in [0.15, 0.2) is 17.5 Å². The zero-order valence-electron chi connectivity index (χ0n) is 11.8. The minimum atomic E-state index is -1.90.